The zero-order valence-electron chi connectivity index (χ0n) is 15.3. The van der Waals surface area contributed by atoms with Crippen LogP contribution in [0.25, 0.3) is 0 Å². The van der Waals surface area contributed by atoms with E-state index in [2.05, 4.69) is 52.8 Å². The number of hydrogen-bond acceptors (Lipinski definition) is 3. The van der Waals surface area contributed by atoms with E-state index in [9.17, 15) is 4.79 Å². The number of rotatable bonds is 5. The van der Waals surface area contributed by atoms with Gasteiger partial charge in [0.05, 0.1) is 6.54 Å². The summed E-state index contributed by atoms with van der Waals surface area (Å²) in [5.41, 5.74) is 1.52. The van der Waals surface area contributed by atoms with Crippen molar-refractivity contribution in [1.82, 2.24) is 15.5 Å². The summed E-state index contributed by atoms with van der Waals surface area (Å²) in [6, 6.07) is 11.2. The molecule has 0 radical (unpaired) electrons. The molecule has 25 heavy (non-hydrogen) atoms. The number of carbonyl (C=O) groups is 1. The molecule has 0 unspecified atom stereocenters. The van der Waals surface area contributed by atoms with Crippen molar-refractivity contribution in [3.8, 4) is 0 Å². The Bertz CT molecular complexity index is 531. The summed E-state index contributed by atoms with van der Waals surface area (Å²) in [7, 11) is 0. The molecule has 140 valence electrons. The lowest BCUT2D eigenvalue weighted by Gasteiger charge is -2.38. The van der Waals surface area contributed by atoms with Crippen molar-refractivity contribution in [1.29, 1.82) is 0 Å². The van der Waals surface area contributed by atoms with Gasteiger partial charge in [0.1, 0.15) is 0 Å². The van der Waals surface area contributed by atoms with E-state index < -0.39 is 0 Å². The highest BCUT2D eigenvalue weighted by atomic mass is 35.5. The second-order valence-corrected chi connectivity index (χ2v) is 7.51. The molecule has 0 aromatic heterocycles. The third-order valence-corrected chi connectivity index (χ3v) is 5.81. The van der Waals surface area contributed by atoms with Gasteiger partial charge in [-0.15, -0.1) is 12.4 Å². The largest absolute Gasteiger partial charge is 0.354 e. The van der Waals surface area contributed by atoms with Crippen LogP contribution in [-0.4, -0.2) is 49.6 Å². The van der Waals surface area contributed by atoms with Crippen LogP contribution in [0.1, 0.15) is 44.6 Å². The SMILES string of the molecule is C[C@H]1CNCCN1CC(=O)NCC1(c2ccccc2)CCCCC1.Cl. The molecular formula is C20H32ClN3O. The monoisotopic (exact) mass is 365 g/mol. The third-order valence-electron chi connectivity index (χ3n) is 5.81. The van der Waals surface area contributed by atoms with Crippen LogP contribution in [0.4, 0.5) is 0 Å². The lowest BCUT2D eigenvalue weighted by Crippen LogP contribution is -2.53. The zero-order valence-corrected chi connectivity index (χ0v) is 16.1. The minimum Gasteiger partial charge on any atom is -0.354 e. The molecule has 2 N–H and O–H groups in total. The molecule has 0 spiro atoms. The van der Waals surface area contributed by atoms with Crippen LogP contribution in [0.2, 0.25) is 0 Å². The fourth-order valence-corrected chi connectivity index (χ4v) is 4.21. The van der Waals surface area contributed by atoms with Gasteiger partial charge in [0.15, 0.2) is 0 Å². The van der Waals surface area contributed by atoms with Crippen molar-refractivity contribution in [3.05, 3.63) is 35.9 Å². The smallest absolute Gasteiger partial charge is 0.234 e. The standard InChI is InChI=1S/C20H31N3O.ClH/c1-17-14-21-12-13-23(17)15-19(24)22-16-20(10-6-3-7-11-20)18-8-4-2-5-9-18;/h2,4-5,8-9,17,21H,3,6-7,10-16H2,1H3,(H,22,24);1H/t17-;/m0./s1. The van der Waals surface area contributed by atoms with Gasteiger partial charge in [-0.25, -0.2) is 0 Å². The van der Waals surface area contributed by atoms with Gasteiger partial charge in [-0.3, -0.25) is 9.69 Å². The molecular weight excluding hydrogens is 334 g/mol. The topological polar surface area (TPSA) is 44.4 Å². The number of amides is 1. The van der Waals surface area contributed by atoms with E-state index in [0.29, 0.717) is 12.6 Å². The Labute approximate surface area is 158 Å². The maximum atomic E-state index is 12.5. The fourth-order valence-electron chi connectivity index (χ4n) is 4.21. The molecule has 1 saturated heterocycles. The highest BCUT2D eigenvalue weighted by molar-refractivity contribution is 5.85. The molecule has 1 saturated carbocycles. The van der Waals surface area contributed by atoms with Crippen LogP contribution in [-0.2, 0) is 10.2 Å². The maximum absolute atomic E-state index is 12.5. The number of piperazine rings is 1. The first-order valence-corrected chi connectivity index (χ1v) is 9.47. The zero-order chi connectivity index (χ0) is 16.8. The summed E-state index contributed by atoms with van der Waals surface area (Å²) in [5.74, 6) is 0.171. The van der Waals surface area contributed by atoms with Crippen molar-refractivity contribution in [3.63, 3.8) is 0 Å². The Morgan fingerprint density at radius 1 is 1.24 bits per heavy atom. The van der Waals surface area contributed by atoms with E-state index in [1.54, 1.807) is 0 Å². The highest BCUT2D eigenvalue weighted by Gasteiger charge is 2.34. The summed E-state index contributed by atoms with van der Waals surface area (Å²) in [5, 5.41) is 6.63. The van der Waals surface area contributed by atoms with Crippen LogP contribution in [0.3, 0.4) is 0 Å². The first-order valence-electron chi connectivity index (χ1n) is 9.47. The molecule has 2 fully saturated rings. The van der Waals surface area contributed by atoms with Gasteiger partial charge in [0.25, 0.3) is 0 Å². The average molecular weight is 366 g/mol. The molecule has 1 aliphatic heterocycles. The second-order valence-electron chi connectivity index (χ2n) is 7.51. The Morgan fingerprint density at radius 2 is 1.96 bits per heavy atom. The number of hydrogen-bond donors (Lipinski definition) is 2. The normalized spacial score (nSPS) is 23.5. The van der Waals surface area contributed by atoms with Gasteiger partial charge >= 0.3 is 0 Å². The van der Waals surface area contributed by atoms with Gasteiger partial charge in [0.2, 0.25) is 5.91 Å². The summed E-state index contributed by atoms with van der Waals surface area (Å²) in [6.07, 6.45) is 6.21. The van der Waals surface area contributed by atoms with Crippen molar-refractivity contribution in [2.45, 2.75) is 50.5 Å². The molecule has 0 bridgehead atoms. The summed E-state index contributed by atoms with van der Waals surface area (Å²) in [6.45, 7) is 6.39. The van der Waals surface area contributed by atoms with Gasteiger partial charge in [-0.05, 0) is 25.3 Å². The predicted octanol–water partition coefficient (Wildman–Crippen LogP) is 2.72. The summed E-state index contributed by atoms with van der Waals surface area (Å²) < 4.78 is 0. The first-order chi connectivity index (χ1) is 11.7. The maximum Gasteiger partial charge on any atom is 0.234 e. The highest BCUT2D eigenvalue weighted by Crippen LogP contribution is 2.38. The summed E-state index contributed by atoms with van der Waals surface area (Å²) in [4.78, 5) is 14.8. The van der Waals surface area contributed by atoms with Crippen LogP contribution >= 0.6 is 12.4 Å². The van der Waals surface area contributed by atoms with E-state index in [4.69, 9.17) is 0 Å². The first kappa shape index (κ1) is 20.2. The van der Waals surface area contributed by atoms with Crippen LogP contribution in [0.5, 0.6) is 0 Å². The molecule has 3 rings (SSSR count). The quantitative estimate of drug-likeness (QED) is 0.843. The van der Waals surface area contributed by atoms with Gasteiger partial charge in [-0.2, -0.15) is 0 Å². The number of nitrogens with zero attached hydrogens (tertiary/aromatic N) is 1. The van der Waals surface area contributed by atoms with Crippen molar-refractivity contribution in [2.75, 3.05) is 32.7 Å². The molecule has 1 aromatic rings. The molecule has 2 aliphatic rings. The Hall–Kier alpha value is -1.10. The molecule has 1 amide bonds. The molecule has 1 aromatic carbocycles. The van der Waals surface area contributed by atoms with E-state index in [-0.39, 0.29) is 23.7 Å². The van der Waals surface area contributed by atoms with E-state index in [1.165, 1.54) is 37.7 Å². The van der Waals surface area contributed by atoms with Gasteiger partial charge in [-0.1, -0.05) is 49.6 Å². The van der Waals surface area contributed by atoms with E-state index in [1.807, 2.05) is 0 Å². The Morgan fingerprint density at radius 3 is 2.64 bits per heavy atom. The summed E-state index contributed by atoms with van der Waals surface area (Å²) >= 11 is 0. The fraction of sp³-hybridized carbons (Fsp3) is 0.650. The van der Waals surface area contributed by atoms with Crippen LogP contribution < -0.4 is 10.6 Å². The van der Waals surface area contributed by atoms with E-state index in [0.717, 1.165) is 26.2 Å². The molecule has 1 heterocycles. The number of halogens is 1. The Balaban J connectivity index is 0.00000225. The van der Waals surface area contributed by atoms with Crippen molar-refractivity contribution < 1.29 is 4.79 Å². The van der Waals surface area contributed by atoms with Crippen LogP contribution in [0, 0.1) is 0 Å². The lowest BCUT2D eigenvalue weighted by molar-refractivity contribution is -0.123. The van der Waals surface area contributed by atoms with Gasteiger partial charge in [0, 0.05) is 37.6 Å². The molecule has 4 nitrogen and oxygen atoms in total. The van der Waals surface area contributed by atoms with Crippen LogP contribution in [0.15, 0.2) is 30.3 Å². The van der Waals surface area contributed by atoms with Crippen molar-refractivity contribution >= 4 is 18.3 Å². The third kappa shape index (κ3) is 5.19. The van der Waals surface area contributed by atoms with Gasteiger partial charge < -0.3 is 10.6 Å². The lowest BCUT2D eigenvalue weighted by atomic mass is 9.69. The predicted molar refractivity (Wildman–Crippen MR) is 105 cm³/mol. The molecule has 5 heteroatoms. The van der Waals surface area contributed by atoms with Crippen molar-refractivity contribution in [2.24, 2.45) is 0 Å². The second kappa shape index (κ2) is 9.56. The number of benzene rings is 1. The molecule has 1 atom stereocenters. The minimum atomic E-state index is 0. The molecule has 1 aliphatic carbocycles. The number of carbonyl (C=O) groups excluding carboxylic acids is 1. The van der Waals surface area contributed by atoms with E-state index >= 15 is 0 Å². The Kier molecular flexibility index (Phi) is 7.73. The minimum absolute atomic E-state index is 0. The number of nitrogens with one attached hydrogen (secondary N) is 2. The average Bonchev–Trinajstić information content (AvgIpc) is 2.63.